The number of ether oxygens (including phenoxy) is 1. The number of nitrogens with zero attached hydrogens (tertiary/aromatic N) is 5. The molecule has 2 aliphatic rings. The van der Waals surface area contributed by atoms with Crippen LogP contribution >= 0.6 is 61.3 Å². The van der Waals surface area contributed by atoms with E-state index in [1.54, 1.807) is 22.7 Å². The number of thiophene rings is 2. The number of hydrogen-bond acceptors (Lipinski definition) is 13. The second kappa shape index (κ2) is 22.5. The van der Waals surface area contributed by atoms with Crippen molar-refractivity contribution >= 4 is 125 Å². The van der Waals surface area contributed by atoms with E-state index in [0.29, 0.717) is 23.9 Å². The number of rotatable bonds is 13. The Labute approximate surface area is 396 Å². The Hall–Kier alpha value is -3.60. The zero-order valence-electron chi connectivity index (χ0n) is 36.7. The number of fused-ring (bicyclic) bond motifs is 4. The van der Waals surface area contributed by atoms with Gasteiger partial charge in [-0.2, -0.15) is 0 Å². The Morgan fingerprint density at radius 1 is 0.746 bits per heavy atom. The van der Waals surface area contributed by atoms with Gasteiger partial charge < -0.3 is 25.6 Å². The Balaban J connectivity index is 0.000000155. The lowest BCUT2D eigenvalue weighted by Gasteiger charge is -2.39. The Morgan fingerprint density at radius 2 is 1.35 bits per heavy atom. The summed E-state index contributed by atoms with van der Waals surface area (Å²) in [5.74, 6) is 1.19. The predicted molar refractivity (Wildman–Crippen MR) is 277 cm³/mol. The highest BCUT2D eigenvalue weighted by Gasteiger charge is 2.30. The molecule has 63 heavy (non-hydrogen) atoms. The van der Waals surface area contributed by atoms with Gasteiger partial charge in [-0.05, 0) is 133 Å². The molecule has 0 amide bonds. The smallest absolute Gasteiger partial charge is 0.125 e. The Morgan fingerprint density at radius 3 is 1.90 bits per heavy atom. The zero-order chi connectivity index (χ0) is 43.5. The first kappa shape index (κ1) is 45.9. The van der Waals surface area contributed by atoms with Crippen molar-refractivity contribution in [3.63, 3.8) is 0 Å². The summed E-state index contributed by atoms with van der Waals surface area (Å²) in [4.78, 5) is 26.1. The molecule has 8 aromatic rings. The van der Waals surface area contributed by atoms with Crippen molar-refractivity contribution in [3.8, 4) is 0 Å². The molecular formula is C49H59BrN8OS4. The standard InChI is InChI=1S/C25H30N4S2.C20H20N4S2.C4H9BrO/c1-3-4-5-12-29-13-6-7-19(17(29)2)24-15-20-21(10-11-26-25(20)31-24)28-18-8-9-23-22(14-18)27-16-30-23;1-12-14(3-2-7-21-12)19-10-15-16(6-8-22-20(15)26-19)24-13-4-5-18-17(9-13)23-11-25-18;1-2-6-4-3-5/h8-11,14-17,19H,3-7,12-13H2,1-2H3,(H,26,28);4-6,8-12,14,21H,2-3,7H2,1H3,(H,22,24);2-4H2,1H3. The van der Waals surface area contributed by atoms with Gasteiger partial charge in [-0.25, -0.2) is 19.9 Å². The van der Waals surface area contributed by atoms with Crippen LogP contribution in [-0.4, -0.2) is 75.1 Å². The number of nitrogens with one attached hydrogen (secondary N) is 3. The van der Waals surface area contributed by atoms with Gasteiger partial charge in [-0.1, -0.05) is 35.7 Å². The second-order valence-electron chi connectivity index (χ2n) is 16.4. The minimum Gasteiger partial charge on any atom is -0.381 e. The van der Waals surface area contributed by atoms with Crippen molar-refractivity contribution in [1.82, 2.24) is 30.2 Å². The third-order valence-corrected chi connectivity index (χ3v) is 16.5. The Kier molecular flexibility index (Phi) is 16.4. The van der Waals surface area contributed by atoms with E-state index in [1.807, 2.05) is 53.0 Å². The van der Waals surface area contributed by atoms with Crippen LogP contribution in [0.2, 0.25) is 0 Å². The Bertz CT molecular complexity index is 2670. The molecule has 14 heteroatoms. The van der Waals surface area contributed by atoms with Gasteiger partial charge in [0, 0.05) is 80.2 Å². The van der Waals surface area contributed by atoms with Crippen LogP contribution in [0.1, 0.15) is 94.2 Å². The fraction of sp³-hybridized carbons (Fsp3) is 0.429. The van der Waals surface area contributed by atoms with Gasteiger partial charge in [-0.15, -0.1) is 45.3 Å². The van der Waals surface area contributed by atoms with E-state index in [1.165, 1.54) is 88.0 Å². The average molecular weight is 984 g/mol. The van der Waals surface area contributed by atoms with Gasteiger partial charge in [0.2, 0.25) is 0 Å². The largest absolute Gasteiger partial charge is 0.381 e. The van der Waals surface area contributed by atoms with Crippen molar-refractivity contribution in [3.05, 3.63) is 93.8 Å². The zero-order valence-corrected chi connectivity index (χ0v) is 41.6. The lowest BCUT2D eigenvalue weighted by Crippen LogP contribution is -2.42. The topological polar surface area (TPSA) is 100 Å². The molecule has 8 heterocycles. The SMILES string of the molecule is CC1NCCCC1c1cc2c(Nc3ccc4scnc4c3)ccnc2s1.CCCCCN1CCCC(c2cc3c(Nc4ccc5scnc5c4)ccnc3s2)C1C.CCOCCBr. The first-order valence-electron chi connectivity index (χ1n) is 22.5. The summed E-state index contributed by atoms with van der Waals surface area (Å²) in [6.45, 7) is 14.3. The number of alkyl halides is 1. The first-order valence-corrected chi connectivity index (χ1v) is 27.0. The second-order valence-corrected chi connectivity index (χ2v) is 21.1. The van der Waals surface area contributed by atoms with Gasteiger partial charge in [0.05, 0.1) is 49.4 Å². The van der Waals surface area contributed by atoms with Gasteiger partial charge in [0.1, 0.15) is 9.66 Å². The summed E-state index contributed by atoms with van der Waals surface area (Å²) in [5.41, 5.74) is 10.3. The molecule has 0 radical (unpaired) electrons. The monoisotopic (exact) mass is 982 g/mol. The van der Waals surface area contributed by atoms with E-state index in [0.717, 1.165) is 68.5 Å². The molecule has 0 spiro atoms. The number of unbranched alkanes of at least 4 members (excludes halogenated alkanes) is 2. The van der Waals surface area contributed by atoms with Crippen LogP contribution in [0.25, 0.3) is 40.9 Å². The van der Waals surface area contributed by atoms with Crippen LogP contribution in [-0.2, 0) is 4.74 Å². The van der Waals surface area contributed by atoms with Crippen molar-refractivity contribution < 1.29 is 4.74 Å². The number of benzene rings is 2. The number of likely N-dealkylation sites (tertiary alicyclic amines) is 1. The van der Waals surface area contributed by atoms with Gasteiger partial charge in [0.25, 0.3) is 0 Å². The maximum absolute atomic E-state index is 4.94. The van der Waals surface area contributed by atoms with E-state index in [4.69, 9.17) is 9.72 Å². The summed E-state index contributed by atoms with van der Waals surface area (Å²) in [5, 5.41) is 14.2. The third kappa shape index (κ3) is 11.4. The van der Waals surface area contributed by atoms with Crippen molar-refractivity contribution in [2.75, 3.05) is 48.8 Å². The predicted octanol–water partition coefficient (Wildman–Crippen LogP) is 14.3. The maximum Gasteiger partial charge on any atom is 0.125 e. The molecule has 0 aliphatic carbocycles. The molecular weight excluding hydrogens is 925 g/mol. The van der Waals surface area contributed by atoms with E-state index in [-0.39, 0.29) is 0 Å². The summed E-state index contributed by atoms with van der Waals surface area (Å²) in [7, 11) is 0. The quantitative estimate of drug-likeness (QED) is 0.0770. The van der Waals surface area contributed by atoms with E-state index in [2.05, 4.69) is 133 Å². The number of piperidine rings is 2. The first-order chi connectivity index (χ1) is 30.9. The van der Waals surface area contributed by atoms with Crippen LogP contribution in [0.4, 0.5) is 22.7 Å². The van der Waals surface area contributed by atoms with Crippen LogP contribution in [0, 0.1) is 0 Å². The highest BCUT2D eigenvalue weighted by atomic mass is 79.9. The molecule has 0 saturated carbocycles. The molecule has 0 bridgehead atoms. The molecule has 3 N–H and O–H groups in total. The highest BCUT2D eigenvalue weighted by molar-refractivity contribution is 9.09. The summed E-state index contributed by atoms with van der Waals surface area (Å²) < 4.78 is 7.37. The fourth-order valence-electron chi connectivity index (χ4n) is 8.79. The average Bonchev–Trinajstić information content (AvgIpc) is 4.14. The van der Waals surface area contributed by atoms with Crippen LogP contribution < -0.4 is 16.0 Å². The maximum atomic E-state index is 4.94. The minimum atomic E-state index is 0.528. The number of thiazole rings is 2. The van der Waals surface area contributed by atoms with Crippen LogP contribution in [0.5, 0.6) is 0 Å². The normalized spacial score (nSPS) is 19.2. The van der Waals surface area contributed by atoms with E-state index in [9.17, 15) is 0 Å². The lowest BCUT2D eigenvalue weighted by molar-refractivity contribution is 0.137. The van der Waals surface area contributed by atoms with E-state index < -0.39 is 0 Å². The summed E-state index contributed by atoms with van der Waals surface area (Å²) >= 11 is 10.3. The molecule has 2 aromatic carbocycles. The summed E-state index contributed by atoms with van der Waals surface area (Å²) in [6.07, 6.45) is 12.8. The van der Waals surface area contributed by atoms with Gasteiger partial charge >= 0.3 is 0 Å². The number of anilines is 4. The summed E-state index contributed by atoms with van der Waals surface area (Å²) in [6, 6.07) is 22.8. The van der Waals surface area contributed by atoms with Gasteiger partial charge in [0.15, 0.2) is 0 Å². The molecule has 9 nitrogen and oxygen atoms in total. The van der Waals surface area contributed by atoms with Crippen LogP contribution in [0.15, 0.2) is 84.1 Å². The van der Waals surface area contributed by atoms with Crippen molar-refractivity contribution in [2.45, 2.75) is 96.6 Å². The number of pyridine rings is 2. The minimum absolute atomic E-state index is 0.528. The lowest BCUT2D eigenvalue weighted by atomic mass is 9.88. The molecule has 6 aromatic heterocycles. The van der Waals surface area contributed by atoms with Crippen LogP contribution in [0.3, 0.4) is 0 Å². The number of hydrogen-bond donors (Lipinski definition) is 3. The van der Waals surface area contributed by atoms with Crippen molar-refractivity contribution in [1.29, 1.82) is 0 Å². The molecule has 2 aliphatic heterocycles. The number of aromatic nitrogens is 4. The highest BCUT2D eigenvalue weighted by Crippen LogP contribution is 2.42. The molecule has 4 atom stereocenters. The number of halogens is 1. The fourth-order valence-corrected chi connectivity index (χ4v) is 12.9. The molecule has 4 unspecified atom stereocenters. The van der Waals surface area contributed by atoms with Crippen molar-refractivity contribution in [2.24, 2.45) is 0 Å². The molecule has 2 fully saturated rings. The van der Waals surface area contributed by atoms with Gasteiger partial charge in [-0.3, -0.25) is 0 Å². The molecule has 332 valence electrons. The van der Waals surface area contributed by atoms with E-state index >= 15 is 0 Å². The molecule has 10 rings (SSSR count). The third-order valence-electron chi connectivity index (χ3n) is 12.2. The molecule has 2 saturated heterocycles.